The molecule has 0 radical (unpaired) electrons. The summed E-state index contributed by atoms with van der Waals surface area (Å²) in [6.45, 7) is 0. The molecule has 6 aromatic rings. The maximum Gasteiger partial charge on any atom is 0.418 e. The van der Waals surface area contributed by atoms with Crippen LogP contribution in [0.1, 0.15) is 21.5 Å². The zero-order chi connectivity index (χ0) is 31.4. The van der Waals surface area contributed by atoms with Crippen LogP contribution in [0.2, 0.25) is 0 Å². The number of nitrogens with zero attached hydrogens (tertiary/aromatic N) is 1. The number of para-hydroxylation sites is 2. The molecule has 0 unspecified atom stereocenters. The first kappa shape index (κ1) is 29.1. The predicted octanol–water partition coefficient (Wildman–Crippen LogP) is 9.59. The number of carbonyl (C=O) groups is 2. The van der Waals surface area contributed by atoms with Crippen molar-refractivity contribution in [2.24, 2.45) is 0 Å². The van der Waals surface area contributed by atoms with Gasteiger partial charge in [-0.25, -0.2) is 4.79 Å². The lowest BCUT2D eigenvalue weighted by Gasteiger charge is -2.16. The number of aromatic nitrogens is 1. The van der Waals surface area contributed by atoms with Gasteiger partial charge in [-0.15, -0.1) is 0 Å². The Bertz CT molecular complexity index is 2000. The number of pyridine rings is 1. The van der Waals surface area contributed by atoms with E-state index in [9.17, 15) is 22.8 Å². The molecular formula is C36H24F3N3O3. The van der Waals surface area contributed by atoms with Gasteiger partial charge < -0.3 is 15.4 Å². The van der Waals surface area contributed by atoms with Gasteiger partial charge in [-0.05, 0) is 60.2 Å². The highest BCUT2D eigenvalue weighted by molar-refractivity contribution is 6.17. The van der Waals surface area contributed by atoms with E-state index in [0.29, 0.717) is 34.0 Å². The van der Waals surface area contributed by atoms with Crippen LogP contribution in [0.4, 0.5) is 29.3 Å². The van der Waals surface area contributed by atoms with Crippen molar-refractivity contribution in [1.82, 2.24) is 4.98 Å². The number of rotatable bonds is 7. The van der Waals surface area contributed by atoms with Gasteiger partial charge in [-0.2, -0.15) is 13.2 Å². The van der Waals surface area contributed by atoms with Crippen LogP contribution in [0.3, 0.4) is 0 Å². The van der Waals surface area contributed by atoms with Gasteiger partial charge in [0.05, 0.1) is 11.1 Å². The number of ketones is 1. The van der Waals surface area contributed by atoms with Crippen molar-refractivity contribution >= 4 is 34.1 Å². The van der Waals surface area contributed by atoms with Gasteiger partial charge >= 0.3 is 12.2 Å². The van der Waals surface area contributed by atoms with Crippen molar-refractivity contribution in [2.75, 3.05) is 10.6 Å². The van der Waals surface area contributed by atoms with E-state index in [1.165, 1.54) is 18.3 Å². The molecule has 45 heavy (non-hydrogen) atoms. The fraction of sp³-hybridized carbons (Fsp3) is 0.0278. The first-order valence-electron chi connectivity index (χ1n) is 13.9. The molecule has 6 rings (SSSR count). The number of alkyl halides is 3. The number of hydrogen-bond acceptors (Lipinski definition) is 4. The van der Waals surface area contributed by atoms with E-state index in [0.717, 1.165) is 6.07 Å². The van der Waals surface area contributed by atoms with Gasteiger partial charge in [-0.3, -0.25) is 9.78 Å². The molecular weight excluding hydrogens is 579 g/mol. The molecule has 0 saturated carbocycles. The molecule has 0 saturated heterocycles. The summed E-state index contributed by atoms with van der Waals surface area (Å²) in [6, 6.07) is 34.3. The third-order valence-corrected chi connectivity index (χ3v) is 6.98. The molecule has 2 amide bonds. The average molecular weight is 604 g/mol. The van der Waals surface area contributed by atoms with Crippen LogP contribution in [-0.2, 0) is 6.18 Å². The zero-order valence-electron chi connectivity index (χ0n) is 23.5. The Balaban J connectivity index is 1.30. The standard InChI is InChI=1S/C36H24F3N3O3/c37-36(38,39)31-16-8-15-29-32(30(22-40-33(29)31)34(43)23-9-3-1-4-10-23)24-11-7-12-26(21-24)42-35(44)41-25-17-19-28(20-18-25)45-27-13-5-2-6-14-27/h1-22H,(H2,41,42,44). The Hall–Kier alpha value is -5.96. The molecule has 0 fully saturated rings. The molecule has 0 bridgehead atoms. The van der Waals surface area contributed by atoms with Crippen molar-refractivity contribution in [2.45, 2.75) is 6.18 Å². The summed E-state index contributed by atoms with van der Waals surface area (Å²) in [5, 5.41) is 5.67. The number of halogens is 3. The predicted molar refractivity (Wildman–Crippen MR) is 168 cm³/mol. The largest absolute Gasteiger partial charge is 0.457 e. The van der Waals surface area contributed by atoms with E-state index >= 15 is 0 Å². The van der Waals surface area contributed by atoms with Gasteiger partial charge in [-0.1, -0.05) is 72.8 Å². The van der Waals surface area contributed by atoms with Crippen molar-refractivity contribution in [1.29, 1.82) is 0 Å². The summed E-state index contributed by atoms with van der Waals surface area (Å²) in [5.74, 6) is 0.883. The van der Waals surface area contributed by atoms with E-state index in [2.05, 4.69) is 15.6 Å². The first-order chi connectivity index (χ1) is 21.8. The molecule has 0 aliphatic heterocycles. The zero-order valence-corrected chi connectivity index (χ0v) is 23.5. The molecule has 1 heterocycles. The van der Waals surface area contributed by atoms with E-state index in [1.54, 1.807) is 78.9 Å². The number of urea groups is 1. The molecule has 6 nitrogen and oxygen atoms in total. The minimum Gasteiger partial charge on any atom is -0.457 e. The summed E-state index contributed by atoms with van der Waals surface area (Å²) >= 11 is 0. The van der Waals surface area contributed by atoms with Crippen LogP contribution in [0.5, 0.6) is 11.5 Å². The third kappa shape index (κ3) is 6.52. The molecule has 222 valence electrons. The van der Waals surface area contributed by atoms with Crippen molar-refractivity contribution in [3.8, 4) is 22.6 Å². The van der Waals surface area contributed by atoms with Gasteiger partial charge in [0.15, 0.2) is 5.78 Å². The minimum absolute atomic E-state index is 0.132. The van der Waals surface area contributed by atoms with E-state index in [4.69, 9.17) is 4.74 Å². The van der Waals surface area contributed by atoms with Crippen LogP contribution in [0.15, 0.2) is 134 Å². The molecule has 0 atom stereocenters. The van der Waals surface area contributed by atoms with Gasteiger partial charge in [0.1, 0.15) is 11.5 Å². The molecule has 1 aromatic heterocycles. The van der Waals surface area contributed by atoms with Crippen molar-refractivity contribution < 1.29 is 27.5 Å². The number of nitrogens with one attached hydrogen (secondary N) is 2. The summed E-state index contributed by atoms with van der Waals surface area (Å²) in [4.78, 5) is 30.6. The summed E-state index contributed by atoms with van der Waals surface area (Å²) in [5.41, 5.74) is 0.894. The summed E-state index contributed by atoms with van der Waals surface area (Å²) in [7, 11) is 0. The Kier molecular flexibility index (Phi) is 7.99. The van der Waals surface area contributed by atoms with Gasteiger partial charge in [0.2, 0.25) is 0 Å². The lowest BCUT2D eigenvalue weighted by molar-refractivity contribution is -0.136. The number of fused-ring (bicyclic) bond motifs is 1. The number of carbonyl (C=O) groups excluding carboxylic acids is 2. The van der Waals surface area contributed by atoms with E-state index in [-0.39, 0.29) is 22.0 Å². The monoisotopic (exact) mass is 603 g/mol. The van der Waals surface area contributed by atoms with Crippen LogP contribution >= 0.6 is 0 Å². The minimum atomic E-state index is -4.65. The van der Waals surface area contributed by atoms with Gasteiger partial charge in [0, 0.05) is 39.6 Å². The summed E-state index contributed by atoms with van der Waals surface area (Å²) < 4.78 is 47.5. The number of anilines is 2. The maximum atomic E-state index is 13.9. The molecule has 5 aromatic carbocycles. The van der Waals surface area contributed by atoms with Crippen LogP contribution < -0.4 is 15.4 Å². The molecule has 2 N–H and O–H groups in total. The maximum absolute atomic E-state index is 13.9. The topological polar surface area (TPSA) is 80.3 Å². The Labute approximate surface area is 256 Å². The second-order valence-corrected chi connectivity index (χ2v) is 10.0. The number of ether oxygens (including phenoxy) is 1. The molecule has 0 spiro atoms. The van der Waals surface area contributed by atoms with Crippen molar-refractivity contribution in [3.63, 3.8) is 0 Å². The number of benzene rings is 5. The second-order valence-electron chi connectivity index (χ2n) is 10.0. The normalized spacial score (nSPS) is 11.2. The third-order valence-electron chi connectivity index (χ3n) is 6.98. The Morgan fingerprint density at radius 1 is 0.667 bits per heavy atom. The fourth-order valence-corrected chi connectivity index (χ4v) is 4.96. The molecule has 0 aliphatic carbocycles. The quantitative estimate of drug-likeness (QED) is 0.178. The lowest BCUT2D eigenvalue weighted by atomic mass is 9.91. The second kappa shape index (κ2) is 12.3. The van der Waals surface area contributed by atoms with Crippen LogP contribution in [0, 0.1) is 0 Å². The molecule has 0 aliphatic rings. The highest BCUT2D eigenvalue weighted by atomic mass is 19.4. The van der Waals surface area contributed by atoms with Crippen LogP contribution in [0.25, 0.3) is 22.0 Å². The lowest BCUT2D eigenvalue weighted by Crippen LogP contribution is -2.19. The number of amides is 2. The Morgan fingerprint density at radius 3 is 2.02 bits per heavy atom. The molecule has 9 heteroatoms. The van der Waals surface area contributed by atoms with Crippen molar-refractivity contribution in [3.05, 3.63) is 150 Å². The fourth-order valence-electron chi connectivity index (χ4n) is 4.96. The SMILES string of the molecule is O=C(Nc1ccc(Oc2ccccc2)cc1)Nc1cccc(-c2c(C(=O)c3ccccc3)cnc3c(C(F)(F)F)cccc23)c1. The smallest absolute Gasteiger partial charge is 0.418 e. The highest BCUT2D eigenvalue weighted by Crippen LogP contribution is 2.39. The van der Waals surface area contributed by atoms with E-state index < -0.39 is 23.6 Å². The highest BCUT2D eigenvalue weighted by Gasteiger charge is 2.34. The average Bonchev–Trinajstić information content (AvgIpc) is 3.05. The Morgan fingerprint density at radius 2 is 1.31 bits per heavy atom. The van der Waals surface area contributed by atoms with Crippen LogP contribution in [-0.4, -0.2) is 16.8 Å². The van der Waals surface area contributed by atoms with Gasteiger partial charge in [0.25, 0.3) is 0 Å². The first-order valence-corrected chi connectivity index (χ1v) is 13.9. The number of hydrogen-bond donors (Lipinski definition) is 2. The summed E-state index contributed by atoms with van der Waals surface area (Å²) in [6.07, 6.45) is -3.47. The van der Waals surface area contributed by atoms with E-state index in [1.807, 2.05) is 30.3 Å².